The summed E-state index contributed by atoms with van der Waals surface area (Å²) in [5, 5.41) is 3.48. The minimum absolute atomic E-state index is 0.219. The van der Waals surface area contributed by atoms with Crippen LogP contribution in [0, 0.1) is 18.6 Å². The second-order valence-corrected chi connectivity index (χ2v) is 5.10. The van der Waals surface area contributed by atoms with E-state index in [-0.39, 0.29) is 11.1 Å². The summed E-state index contributed by atoms with van der Waals surface area (Å²) in [6.07, 6.45) is 0. The average Bonchev–Trinajstić information content (AvgIpc) is 2.40. The number of rotatable bonds is 4. The van der Waals surface area contributed by atoms with E-state index in [1.807, 2.05) is 38.1 Å². The van der Waals surface area contributed by atoms with E-state index in [1.165, 1.54) is 0 Å². The summed E-state index contributed by atoms with van der Waals surface area (Å²) in [5.74, 6) is -1.82. The van der Waals surface area contributed by atoms with Crippen molar-refractivity contribution in [2.45, 2.75) is 19.9 Å². The summed E-state index contributed by atoms with van der Waals surface area (Å²) in [6, 6.07) is 9.78. The van der Waals surface area contributed by atoms with Gasteiger partial charge in [-0.3, -0.25) is 0 Å². The molecule has 0 aliphatic carbocycles. The summed E-state index contributed by atoms with van der Waals surface area (Å²) in [6.45, 7) is 4.63. The highest BCUT2D eigenvalue weighted by molar-refractivity contribution is 6.31. The highest BCUT2D eigenvalue weighted by Gasteiger charge is 2.19. The number of hydrogen-bond donors (Lipinski definition) is 1. The van der Waals surface area contributed by atoms with Crippen molar-refractivity contribution in [3.05, 3.63) is 69.7 Å². The number of nitrogens with one attached hydrogen (secondary N) is 1. The highest BCUT2D eigenvalue weighted by Crippen LogP contribution is 2.30. The van der Waals surface area contributed by atoms with Crippen molar-refractivity contribution in [2.24, 2.45) is 0 Å². The summed E-state index contributed by atoms with van der Waals surface area (Å²) in [4.78, 5) is 0. The lowest BCUT2D eigenvalue weighted by atomic mass is 9.97. The maximum absolute atomic E-state index is 13.5. The fourth-order valence-electron chi connectivity index (χ4n) is 2.22. The third kappa shape index (κ3) is 3.17. The lowest BCUT2D eigenvalue weighted by Crippen LogP contribution is -2.22. The van der Waals surface area contributed by atoms with Crippen molar-refractivity contribution in [1.82, 2.24) is 5.32 Å². The quantitative estimate of drug-likeness (QED) is 0.811. The summed E-state index contributed by atoms with van der Waals surface area (Å²) in [5.41, 5.74) is 2.61. The maximum atomic E-state index is 13.5. The molecule has 1 nitrogen and oxygen atoms in total. The molecule has 0 saturated heterocycles. The van der Waals surface area contributed by atoms with Gasteiger partial charge in [-0.25, -0.2) is 8.78 Å². The van der Waals surface area contributed by atoms with Gasteiger partial charge in [-0.2, -0.15) is 0 Å². The summed E-state index contributed by atoms with van der Waals surface area (Å²) in [7, 11) is 0. The molecule has 1 unspecified atom stereocenters. The molecule has 20 heavy (non-hydrogen) atoms. The molecule has 2 aromatic carbocycles. The molecular formula is C16H16ClF2N. The van der Waals surface area contributed by atoms with Crippen LogP contribution in [0.1, 0.15) is 29.7 Å². The molecule has 0 saturated carbocycles. The third-order valence-electron chi connectivity index (χ3n) is 3.13. The van der Waals surface area contributed by atoms with E-state index in [9.17, 15) is 8.78 Å². The zero-order valence-electron chi connectivity index (χ0n) is 11.4. The van der Waals surface area contributed by atoms with Crippen molar-refractivity contribution < 1.29 is 8.78 Å². The maximum Gasteiger partial charge on any atom is 0.160 e. The fourth-order valence-corrected chi connectivity index (χ4v) is 2.48. The number of aryl methyl sites for hydroxylation is 1. The fraction of sp³-hybridized carbons (Fsp3) is 0.250. The molecule has 4 heteroatoms. The molecule has 0 heterocycles. The smallest absolute Gasteiger partial charge is 0.160 e. The summed E-state index contributed by atoms with van der Waals surface area (Å²) < 4.78 is 26.7. The Labute approximate surface area is 122 Å². The lowest BCUT2D eigenvalue weighted by molar-refractivity contribution is 0.504. The van der Waals surface area contributed by atoms with E-state index in [4.69, 9.17) is 11.6 Å². The molecule has 0 fully saturated rings. The Bertz CT molecular complexity index is 613. The van der Waals surface area contributed by atoms with Gasteiger partial charge in [0.05, 0.1) is 6.04 Å². The van der Waals surface area contributed by atoms with Crippen molar-refractivity contribution in [3.8, 4) is 0 Å². The normalized spacial score (nSPS) is 12.4. The average molecular weight is 296 g/mol. The Kier molecular flexibility index (Phi) is 4.73. The topological polar surface area (TPSA) is 12.0 Å². The minimum Gasteiger partial charge on any atom is -0.306 e. The first-order valence-electron chi connectivity index (χ1n) is 6.47. The van der Waals surface area contributed by atoms with Crippen LogP contribution in [-0.2, 0) is 0 Å². The number of halogens is 3. The van der Waals surface area contributed by atoms with Crippen molar-refractivity contribution in [2.75, 3.05) is 6.54 Å². The van der Waals surface area contributed by atoms with Crippen LogP contribution in [0.15, 0.2) is 36.4 Å². The van der Waals surface area contributed by atoms with Gasteiger partial charge in [0.2, 0.25) is 0 Å². The Morgan fingerprint density at radius 3 is 2.50 bits per heavy atom. The van der Waals surface area contributed by atoms with Crippen molar-refractivity contribution >= 4 is 11.6 Å². The van der Waals surface area contributed by atoms with E-state index < -0.39 is 11.6 Å². The van der Waals surface area contributed by atoms with Crippen molar-refractivity contribution in [3.63, 3.8) is 0 Å². The van der Waals surface area contributed by atoms with Crippen LogP contribution >= 0.6 is 11.6 Å². The molecule has 0 radical (unpaired) electrons. The first kappa shape index (κ1) is 14.9. The molecule has 0 spiro atoms. The standard InChI is InChI=1S/C16H16ClF2N/c1-3-20-16(11-6-4-5-10(2)7-11)12-8-14(18)15(19)9-13(12)17/h4-9,16,20H,3H2,1-2H3. The monoisotopic (exact) mass is 295 g/mol. The predicted octanol–water partition coefficient (Wildman–Crippen LogP) is 4.63. The Hall–Kier alpha value is -1.45. The largest absolute Gasteiger partial charge is 0.306 e. The van der Waals surface area contributed by atoms with E-state index in [2.05, 4.69) is 5.32 Å². The van der Waals surface area contributed by atoms with Gasteiger partial charge < -0.3 is 5.32 Å². The Morgan fingerprint density at radius 2 is 1.85 bits per heavy atom. The van der Waals surface area contributed by atoms with E-state index in [0.717, 1.165) is 23.3 Å². The second-order valence-electron chi connectivity index (χ2n) is 4.69. The molecule has 0 aromatic heterocycles. The number of benzene rings is 2. The van der Waals surface area contributed by atoms with Crippen LogP contribution < -0.4 is 5.32 Å². The van der Waals surface area contributed by atoms with Gasteiger partial charge in [0.15, 0.2) is 11.6 Å². The van der Waals surface area contributed by atoms with Gasteiger partial charge in [0.1, 0.15) is 0 Å². The van der Waals surface area contributed by atoms with Crippen LogP contribution in [0.3, 0.4) is 0 Å². The van der Waals surface area contributed by atoms with Gasteiger partial charge in [-0.05, 0) is 36.7 Å². The molecule has 106 valence electrons. The van der Waals surface area contributed by atoms with Gasteiger partial charge in [-0.1, -0.05) is 48.4 Å². The molecule has 2 aromatic rings. The molecule has 2 rings (SSSR count). The molecule has 1 atom stereocenters. The van der Waals surface area contributed by atoms with Crippen molar-refractivity contribution in [1.29, 1.82) is 0 Å². The Balaban J connectivity index is 2.51. The van der Waals surface area contributed by atoms with Crippen LogP contribution in [0.5, 0.6) is 0 Å². The number of hydrogen-bond acceptors (Lipinski definition) is 1. The van der Waals surface area contributed by atoms with Gasteiger partial charge in [0, 0.05) is 5.02 Å². The predicted molar refractivity (Wildman–Crippen MR) is 78.1 cm³/mol. The van der Waals surface area contributed by atoms with E-state index >= 15 is 0 Å². The van der Waals surface area contributed by atoms with E-state index in [1.54, 1.807) is 0 Å². The summed E-state index contributed by atoms with van der Waals surface area (Å²) >= 11 is 6.07. The molecule has 0 aliphatic heterocycles. The SMILES string of the molecule is CCNC(c1cccc(C)c1)c1cc(F)c(F)cc1Cl. The van der Waals surface area contributed by atoms with Gasteiger partial charge >= 0.3 is 0 Å². The molecular weight excluding hydrogens is 280 g/mol. The third-order valence-corrected chi connectivity index (χ3v) is 3.46. The van der Waals surface area contributed by atoms with Gasteiger partial charge in [-0.15, -0.1) is 0 Å². The Morgan fingerprint density at radius 1 is 1.15 bits per heavy atom. The molecule has 0 amide bonds. The first-order chi connectivity index (χ1) is 9.52. The zero-order valence-corrected chi connectivity index (χ0v) is 12.1. The van der Waals surface area contributed by atoms with Crippen LogP contribution in [0.25, 0.3) is 0 Å². The molecule has 0 aliphatic rings. The van der Waals surface area contributed by atoms with Crippen LogP contribution in [-0.4, -0.2) is 6.54 Å². The van der Waals surface area contributed by atoms with Gasteiger partial charge in [0.25, 0.3) is 0 Å². The van der Waals surface area contributed by atoms with Crippen LogP contribution in [0.2, 0.25) is 5.02 Å². The first-order valence-corrected chi connectivity index (χ1v) is 6.85. The molecule has 0 bridgehead atoms. The van der Waals surface area contributed by atoms with Crippen LogP contribution in [0.4, 0.5) is 8.78 Å². The lowest BCUT2D eigenvalue weighted by Gasteiger charge is -2.21. The minimum atomic E-state index is -0.932. The second kappa shape index (κ2) is 6.33. The molecule has 1 N–H and O–H groups in total. The highest BCUT2D eigenvalue weighted by atomic mass is 35.5. The zero-order chi connectivity index (χ0) is 14.7. The van der Waals surface area contributed by atoms with E-state index in [0.29, 0.717) is 12.1 Å².